The van der Waals surface area contributed by atoms with Crippen molar-refractivity contribution in [3.63, 3.8) is 0 Å². The lowest BCUT2D eigenvalue weighted by Crippen LogP contribution is -2.37. The first kappa shape index (κ1) is 17.4. The lowest BCUT2D eigenvalue weighted by molar-refractivity contribution is -0.117. The molecule has 0 aromatic heterocycles. The zero-order valence-corrected chi connectivity index (χ0v) is 15.2. The van der Waals surface area contributed by atoms with E-state index in [1.807, 2.05) is 6.92 Å². The van der Waals surface area contributed by atoms with Gasteiger partial charge in [0.2, 0.25) is 5.91 Å². The van der Waals surface area contributed by atoms with Crippen LogP contribution in [0, 0.1) is 12.7 Å². The second-order valence-corrected chi connectivity index (χ2v) is 9.50. The quantitative estimate of drug-likeness (QED) is 0.818. The summed E-state index contributed by atoms with van der Waals surface area (Å²) < 4.78 is 37.9. The maximum atomic E-state index is 14.0. The number of benzene rings is 1. The van der Waals surface area contributed by atoms with Crippen molar-refractivity contribution in [3.8, 4) is 0 Å². The van der Waals surface area contributed by atoms with Crippen LogP contribution in [0.25, 0.3) is 0 Å². The molecule has 3 rings (SSSR count). The summed E-state index contributed by atoms with van der Waals surface area (Å²) in [5.74, 6) is -0.531. The van der Waals surface area contributed by atoms with E-state index in [4.69, 9.17) is 0 Å². The molecule has 1 aromatic rings. The number of aliphatic imine (C=N–C) groups is 1. The van der Waals surface area contributed by atoms with Crippen LogP contribution in [0.3, 0.4) is 0 Å². The van der Waals surface area contributed by atoms with Crippen molar-refractivity contribution >= 4 is 38.4 Å². The third kappa shape index (κ3) is 3.35. The Labute approximate surface area is 145 Å². The number of halogens is 1. The molecule has 0 aliphatic carbocycles. The molecule has 2 atom stereocenters. The van der Waals surface area contributed by atoms with Gasteiger partial charge in [0.05, 0.1) is 17.5 Å². The molecule has 2 saturated heterocycles. The van der Waals surface area contributed by atoms with Crippen LogP contribution in [0.15, 0.2) is 23.2 Å². The van der Waals surface area contributed by atoms with Gasteiger partial charge in [-0.2, -0.15) is 4.99 Å². The van der Waals surface area contributed by atoms with Gasteiger partial charge in [0.25, 0.3) is 0 Å². The number of hydrogen-bond acceptors (Lipinski definition) is 4. The molecule has 2 aliphatic rings. The number of hydrogen-bond donors (Lipinski definition) is 0. The Hall–Kier alpha value is -1.41. The highest BCUT2D eigenvalue weighted by molar-refractivity contribution is 8.16. The lowest BCUT2D eigenvalue weighted by atomic mass is 10.1. The van der Waals surface area contributed by atoms with Crippen LogP contribution in [-0.4, -0.2) is 42.3 Å². The van der Waals surface area contributed by atoms with Crippen LogP contribution in [0.5, 0.6) is 0 Å². The summed E-state index contributed by atoms with van der Waals surface area (Å²) in [6.07, 6.45) is 1.04. The minimum Gasteiger partial charge on any atom is -0.315 e. The number of nitrogens with zero attached hydrogens (tertiary/aromatic N) is 2. The number of rotatable bonds is 3. The number of aryl methyl sites for hydroxylation is 1. The largest absolute Gasteiger partial charge is 0.315 e. The number of carbonyl (C=O) groups excluding carboxylic acids is 1. The Kier molecular flexibility index (Phi) is 4.70. The third-order valence-electron chi connectivity index (χ3n) is 4.18. The standard InChI is InChI=1S/C16H19FN2O3S2/c1-3-4-15(20)18-16-19(11-6-5-10(2)12(17)7-11)13-8-24(21,22)9-14(13)23-16/h5-7,13-14H,3-4,8-9H2,1-2H3/t13-,14+/m1/s1. The molecular weight excluding hydrogens is 351 g/mol. The number of anilines is 1. The summed E-state index contributed by atoms with van der Waals surface area (Å²) in [5.41, 5.74) is 1.06. The van der Waals surface area contributed by atoms with Gasteiger partial charge in [0, 0.05) is 17.4 Å². The zero-order valence-electron chi connectivity index (χ0n) is 13.5. The number of amides is 1. The molecule has 5 nitrogen and oxygen atoms in total. The average molecular weight is 370 g/mol. The third-order valence-corrected chi connectivity index (χ3v) is 7.39. The molecule has 2 heterocycles. The monoisotopic (exact) mass is 370 g/mol. The molecule has 0 radical (unpaired) electrons. The van der Waals surface area contributed by atoms with E-state index in [9.17, 15) is 17.6 Å². The summed E-state index contributed by atoms with van der Waals surface area (Å²) in [4.78, 5) is 17.8. The summed E-state index contributed by atoms with van der Waals surface area (Å²) in [6, 6.07) is 4.46. The minimum atomic E-state index is -3.12. The number of amidine groups is 1. The lowest BCUT2D eigenvalue weighted by Gasteiger charge is -2.24. The fraction of sp³-hybridized carbons (Fsp3) is 0.500. The van der Waals surface area contributed by atoms with Gasteiger partial charge in [0.1, 0.15) is 5.82 Å². The Morgan fingerprint density at radius 1 is 1.42 bits per heavy atom. The molecule has 0 saturated carbocycles. The maximum Gasteiger partial charge on any atom is 0.248 e. The second-order valence-electron chi connectivity index (χ2n) is 6.14. The molecule has 0 spiro atoms. The molecule has 0 N–H and O–H groups in total. The maximum absolute atomic E-state index is 14.0. The number of fused-ring (bicyclic) bond motifs is 1. The van der Waals surface area contributed by atoms with Gasteiger partial charge in [-0.3, -0.25) is 4.79 Å². The molecule has 0 unspecified atom stereocenters. The predicted octanol–water partition coefficient (Wildman–Crippen LogP) is 2.54. The first-order chi connectivity index (χ1) is 11.3. The van der Waals surface area contributed by atoms with E-state index >= 15 is 0 Å². The summed E-state index contributed by atoms with van der Waals surface area (Å²) in [7, 11) is -3.12. The van der Waals surface area contributed by atoms with Crippen LogP contribution in [-0.2, 0) is 14.6 Å². The van der Waals surface area contributed by atoms with E-state index < -0.39 is 9.84 Å². The highest BCUT2D eigenvalue weighted by atomic mass is 32.2. The van der Waals surface area contributed by atoms with Gasteiger partial charge in [-0.25, -0.2) is 12.8 Å². The Bertz CT molecular complexity index is 808. The van der Waals surface area contributed by atoms with Crippen LogP contribution in [0.4, 0.5) is 10.1 Å². The molecule has 1 aromatic carbocycles. The van der Waals surface area contributed by atoms with Crippen molar-refractivity contribution in [1.82, 2.24) is 0 Å². The van der Waals surface area contributed by atoms with Gasteiger partial charge in [0.15, 0.2) is 15.0 Å². The normalized spacial score (nSPS) is 26.8. The number of sulfone groups is 1. The SMILES string of the molecule is CCCC(=O)N=C1S[C@H]2CS(=O)(=O)C[C@H]2N1c1ccc(C)c(F)c1. The van der Waals surface area contributed by atoms with Crippen molar-refractivity contribution < 1.29 is 17.6 Å². The number of carbonyl (C=O) groups is 1. The molecule has 0 bridgehead atoms. The summed E-state index contributed by atoms with van der Waals surface area (Å²) >= 11 is 1.30. The van der Waals surface area contributed by atoms with Crippen LogP contribution < -0.4 is 4.90 Å². The molecule has 24 heavy (non-hydrogen) atoms. The van der Waals surface area contributed by atoms with Gasteiger partial charge in [-0.1, -0.05) is 24.8 Å². The number of thioether (sulfide) groups is 1. The van der Waals surface area contributed by atoms with E-state index in [0.29, 0.717) is 29.3 Å². The molecule has 2 fully saturated rings. The fourth-order valence-corrected chi connectivity index (χ4v) is 6.91. The van der Waals surface area contributed by atoms with Gasteiger partial charge in [-0.05, 0) is 31.0 Å². The Balaban J connectivity index is 2.01. The molecule has 1 amide bonds. The van der Waals surface area contributed by atoms with Crippen LogP contribution in [0.2, 0.25) is 0 Å². The van der Waals surface area contributed by atoms with Crippen molar-refractivity contribution in [2.45, 2.75) is 38.0 Å². The molecule has 2 aliphatic heterocycles. The first-order valence-electron chi connectivity index (χ1n) is 7.84. The van der Waals surface area contributed by atoms with Gasteiger partial charge < -0.3 is 4.90 Å². The Morgan fingerprint density at radius 3 is 2.83 bits per heavy atom. The van der Waals surface area contributed by atoms with E-state index in [2.05, 4.69) is 4.99 Å². The average Bonchev–Trinajstić information content (AvgIpc) is 2.93. The zero-order chi connectivity index (χ0) is 17.5. The van der Waals surface area contributed by atoms with Crippen molar-refractivity contribution in [2.75, 3.05) is 16.4 Å². The predicted molar refractivity (Wildman–Crippen MR) is 94.8 cm³/mol. The van der Waals surface area contributed by atoms with E-state index in [0.717, 1.165) is 0 Å². The summed E-state index contributed by atoms with van der Waals surface area (Å²) in [6.45, 7) is 3.56. The van der Waals surface area contributed by atoms with Crippen molar-refractivity contribution in [2.24, 2.45) is 4.99 Å². The minimum absolute atomic E-state index is 0.00114. The highest BCUT2D eigenvalue weighted by Gasteiger charge is 2.49. The van der Waals surface area contributed by atoms with E-state index in [1.54, 1.807) is 24.0 Å². The first-order valence-corrected chi connectivity index (χ1v) is 10.5. The van der Waals surface area contributed by atoms with Gasteiger partial charge in [-0.15, -0.1) is 0 Å². The highest BCUT2D eigenvalue weighted by Crippen LogP contribution is 2.41. The van der Waals surface area contributed by atoms with Crippen LogP contribution in [0.1, 0.15) is 25.3 Å². The van der Waals surface area contributed by atoms with Gasteiger partial charge >= 0.3 is 0 Å². The molecule has 130 valence electrons. The topological polar surface area (TPSA) is 66.8 Å². The van der Waals surface area contributed by atoms with E-state index in [-0.39, 0.29) is 34.5 Å². The fourth-order valence-electron chi connectivity index (χ4n) is 2.97. The second kappa shape index (κ2) is 6.48. The molecular formula is C16H19FN2O3S2. The van der Waals surface area contributed by atoms with E-state index in [1.165, 1.54) is 17.8 Å². The van der Waals surface area contributed by atoms with Crippen LogP contribution >= 0.6 is 11.8 Å². The Morgan fingerprint density at radius 2 is 2.17 bits per heavy atom. The molecule has 8 heteroatoms. The smallest absolute Gasteiger partial charge is 0.248 e. The van der Waals surface area contributed by atoms with Crippen molar-refractivity contribution in [3.05, 3.63) is 29.6 Å². The summed E-state index contributed by atoms with van der Waals surface area (Å²) in [5, 5.41) is 0.300. The van der Waals surface area contributed by atoms with Crippen molar-refractivity contribution in [1.29, 1.82) is 0 Å².